The molecule has 0 spiro atoms. The fourth-order valence-corrected chi connectivity index (χ4v) is 6.93. The molecule has 188 valence electrons. The van der Waals surface area contributed by atoms with Gasteiger partial charge in [-0.3, -0.25) is 10.0 Å². The topological polar surface area (TPSA) is 49.8 Å². The first kappa shape index (κ1) is 26.8. The number of rotatable bonds is 12. The van der Waals surface area contributed by atoms with E-state index in [0.29, 0.717) is 29.1 Å². The normalized spacial score (nSPS) is 28.7. The number of amides is 1. The van der Waals surface area contributed by atoms with E-state index in [1.807, 2.05) is 13.8 Å². The molecule has 5 heteroatoms. The first-order chi connectivity index (χ1) is 15.9. The second-order valence-corrected chi connectivity index (χ2v) is 12.3. The minimum absolute atomic E-state index is 0.223. The Kier molecular flexibility index (Phi) is 10.8. The average molecular weight is 478 g/mol. The van der Waals surface area contributed by atoms with Gasteiger partial charge >= 0.3 is 0 Å². The second-order valence-electron chi connectivity index (χ2n) is 11.1. The summed E-state index contributed by atoms with van der Waals surface area (Å²) in [5, 5.41) is 10.1. The van der Waals surface area contributed by atoms with Gasteiger partial charge in [-0.15, -0.1) is 0 Å². The van der Waals surface area contributed by atoms with Crippen LogP contribution in [0.4, 0.5) is 0 Å². The Morgan fingerprint density at radius 3 is 2.42 bits per heavy atom. The van der Waals surface area contributed by atoms with Crippen molar-refractivity contribution in [2.45, 2.75) is 103 Å². The lowest BCUT2D eigenvalue weighted by Crippen LogP contribution is -2.36. The molecule has 2 bridgehead atoms. The van der Waals surface area contributed by atoms with Gasteiger partial charge in [0.1, 0.15) is 0 Å². The number of hydrogen-bond donors (Lipinski definition) is 1. The molecule has 0 radical (unpaired) electrons. The monoisotopic (exact) mass is 477 g/mol. The molecule has 33 heavy (non-hydrogen) atoms. The van der Waals surface area contributed by atoms with E-state index >= 15 is 0 Å². The van der Waals surface area contributed by atoms with Gasteiger partial charge in [-0.1, -0.05) is 63.8 Å². The number of nitrogens with zero attached hydrogens (tertiary/aromatic N) is 1. The zero-order valence-electron chi connectivity index (χ0n) is 21.2. The number of carbonyl (C=O) groups excluding carboxylic acids is 1. The zero-order chi connectivity index (χ0) is 23.7. The Hall–Kier alpha value is -0.780. The molecule has 2 aliphatic heterocycles. The van der Waals surface area contributed by atoms with Crippen molar-refractivity contribution in [1.82, 2.24) is 5.06 Å². The first-order valence-electron chi connectivity index (χ1n) is 13.4. The SMILES string of the molecule is CN(O)C(=O)C(C)(C)CC/C=C\C[C@H]1[C@@H](CCSCC=CC2CCCCCC2)[C@H]2CC[C@@H]1O2. The highest BCUT2D eigenvalue weighted by atomic mass is 32.2. The molecule has 3 fully saturated rings. The molecule has 0 aromatic heterocycles. The number of thioether (sulfide) groups is 1. The van der Waals surface area contributed by atoms with Gasteiger partial charge < -0.3 is 4.74 Å². The highest BCUT2D eigenvalue weighted by Crippen LogP contribution is 2.47. The fourth-order valence-electron chi connectivity index (χ4n) is 6.08. The molecule has 1 N–H and O–H groups in total. The zero-order valence-corrected chi connectivity index (χ0v) is 22.0. The maximum Gasteiger partial charge on any atom is 0.251 e. The molecule has 1 aliphatic carbocycles. The van der Waals surface area contributed by atoms with Crippen LogP contribution in [-0.4, -0.2) is 46.9 Å². The Balaban J connectivity index is 1.35. The lowest BCUT2D eigenvalue weighted by Gasteiger charge is -2.27. The number of carbonyl (C=O) groups is 1. The van der Waals surface area contributed by atoms with Crippen LogP contribution < -0.4 is 0 Å². The standard InChI is InChI=1S/C28H47NO3S/c1-28(2,27(30)29(3)31)19-10-6-9-15-23-24(26-17-16-25(23)32-26)18-21-33-20-11-14-22-12-7-4-5-8-13-22/h6,9,11,14,22-26,31H,4-5,7-8,10,12-13,15-21H2,1-3H3/b9-6-,14-11?/t23-,24+,25-,26+/m0/s1. The van der Waals surface area contributed by atoms with E-state index in [4.69, 9.17) is 4.74 Å². The molecule has 3 aliphatic rings. The van der Waals surface area contributed by atoms with E-state index in [-0.39, 0.29) is 5.91 Å². The van der Waals surface area contributed by atoms with Gasteiger partial charge in [-0.25, -0.2) is 5.06 Å². The summed E-state index contributed by atoms with van der Waals surface area (Å²) in [5.74, 6) is 4.35. The molecule has 3 rings (SSSR count). The van der Waals surface area contributed by atoms with Gasteiger partial charge in [-0.05, 0) is 74.9 Å². The third-order valence-electron chi connectivity index (χ3n) is 8.09. The summed E-state index contributed by atoms with van der Waals surface area (Å²) in [6, 6.07) is 0. The van der Waals surface area contributed by atoms with Crippen LogP contribution in [-0.2, 0) is 9.53 Å². The van der Waals surface area contributed by atoms with Crippen LogP contribution in [0.2, 0.25) is 0 Å². The Morgan fingerprint density at radius 1 is 1.03 bits per heavy atom. The lowest BCUT2D eigenvalue weighted by molar-refractivity contribution is -0.169. The summed E-state index contributed by atoms with van der Waals surface area (Å²) in [6.45, 7) is 3.80. The highest BCUT2D eigenvalue weighted by molar-refractivity contribution is 7.99. The van der Waals surface area contributed by atoms with Gasteiger partial charge in [0.2, 0.25) is 0 Å². The summed E-state index contributed by atoms with van der Waals surface area (Å²) in [4.78, 5) is 12.1. The number of fused-ring (bicyclic) bond motifs is 2. The maximum absolute atomic E-state index is 12.1. The summed E-state index contributed by atoms with van der Waals surface area (Å²) in [7, 11) is 1.40. The largest absolute Gasteiger partial charge is 0.374 e. The minimum atomic E-state index is -0.534. The lowest BCUT2D eigenvalue weighted by atomic mass is 9.76. The molecule has 0 unspecified atom stereocenters. The Bertz CT molecular complexity index is 652. The van der Waals surface area contributed by atoms with E-state index in [0.717, 1.165) is 30.9 Å². The van der Waals surface area contributed by atoms with Gasteiger partial charge in [0.05, 0.1) is 12.2 Å². The van der Waals surface area contributed by atoms with Crippen molar-refractivity contribution in [2.24, 2.45) is 23.2 Å². The number of allylic oxidation sites excluding steroid dienone is 3. The fraction of sp³-hybridized carbons (Fsp3) is 0.821. The van der Waals surface area contributed by atoms with Crippen molar-refractivity contribution in [2.75, 3.05) is 18.6 Å². The van der Waals surface area contributed by atoms with E-state index < -0.39 is 5.41 Å². The van der Waals surface area contributed by atoms with E-state index in [1.165, 1.54) is 70.6 Å². The summed E-state index contributed by atoms with van der Waals surface area (Å²) < 4.78 is 6.30. The molecule has 0 aromatic rings. The molecule has 1 saturated carbocycles. The van der Waals surface area contributed by atoms with E-state index in [2.05, 4.69) is 36.1 Å². The van der Waals surface area contributed by atoms with E-state index in [1.54, 1.807) is 0 Å². The van der Waals surface area contributed by atoms with Gasteiger partial charge in [-0.2, -0.15) is 11.8 Å². The van der Waals surface area contributed by atoms with Gasteiger partial charge in [0, 0.05) is 18.2 Å². The van der Waals surface area contributed by atoms with Gasteiger partial charge in [0.25, 0.3) is 5.91 Å². The second kappa shape index (κ2) is 13.3. The predicted octanol–water partition coefficient (Wildman–Crippen LogP) is 7.03. The first-order valence-corrected chi connectivity index (χ1v) is 14.6. The third-order valence-corrected chi connectivity index (χ3v) is 9.04. The molecule has 1 amide bonds. The Morgan fingerprint density at radius 2 is 1.73 bits per heavy atom. The van der Waals surface area contributed by atoms with Crippen LogP contribution in [0.15, 0.2) is 24.3 Å². The number of hydrogen-bond acceptors (Lipinski definition) is 4. The van der Waals surface area contributed by atoms with Crippen LogP contribution in [0.5, 0.6) is 0 Å². The Labute approximate surface area is 206 Å². The van der Waals surface area contributed by atoms with Crippen LogP contribution in [0, 0.1) is 23.2 Å². The minimum Gasteiger partial charge on any atom is -0.374 e. The average Bonchev–Trinajstić information content (AvgIpc) is 3.28. The van der Waals surface area contributed by atoms with Crippen LogP contribution in [0.3, 0.4) is 0 Å². The summed E-state index contributed by atoms with van der Waals surface area (Å²) in [6.07, 6.45) is 25.3. The van der Waals surface area contributed by atoms with Crippen molar-refractivity contribution in [3.8, 4) is 0 Å². The quantitative estimate of drug-likeness (QED) is 0.108. The maximum atomic E-state index is 12.1. The van der Waals surface area contributed by atoms with Crippen LogP contribution >= 0.6 is 11.8 Å². The molecule has 4 nitrogen and oxygen atoms in total. The molecule has 0 aromatic carbocycles. The van der Waals surface area contributed by atoms with E-state index in [9.17, 15) is 10.0 Å². The van der Waals surface area contributed by atoms with Crippen molar-refractivity contribution in [1.29, 1.82) is 0 Å². The number of ether oxygens (including phenoxy) is 1. The molecule has 2 saturated heterocycles. The van der Waals surface area contributed by atoms with Gasteiger partial charge in [0.15, 0.2) is 0 Å². The van der Waals surface area contributed by atoms with Crippen LogP contribution in [0.25, 0.3) is 0 Å². The predicted molar refractivity (Wildman–Crippen MR) is 138 cm³/mol. The molecule has 2 heterocycles. The van der Waals surface area contributed by atoms with Crippen molar-refractivity contribution in [3.63, 3.8) is 0 Å². The number of hydroxylamine groups is 2. The molecular formula is C28H47NO3S. The summed E-state index contributed by atoms with van der Waals surface area (Å²) in [5.41, 5.74) is -0.534. The molecular weight excluding hydrogens is 430 g/mol. The third kappa shape index (κ3) is 8.14. The van der Waals surface area contributed by atoms with Crippen molar-refractivity contribution in [3.05, 3.63) is 24.3 Å². The van der Waals surface area contributed by atoms with Crippen molar-refractivity contribution >= 4 is 17.7 Å². The van der Waals surface area contributed by atoms with Crippen LogP contribution in [0.1, 0.15) is 90.9 Å². The smallest absolute Gasteiger partial charge is 0.251 e. The molecule has 4 atom stereocenters. The summed E-state index contributed by atoms with van der Waals surface area (Å²) >= 11 is 2.09. The highest BCUT2D eigenvalue weighted by Gasteiger charge is 2.47. The van der Waals surface area contributed by atoms with Crippen molar-refractivity contribution < 1.29 is 14.7 Å².